The second-order valence-corrected chi connectivity index (χ2v) is 4.77. The van der Waals surface area contributed by atoms with E-state index < -0.39 is 11.6 Å². The van der Waals surface area contributed by atoms with E-state index in [2.05, 4.69) is 0 Å². The lowest BCUT2D eigenvalue weighted by Gasteiger charge is -2.30. The van der Waals surface area contributed by atoms with Crippen molar-refractivity contribution in [3.63, 3.8) is 0 Å². The van der Waals surface area contributed by atoms with Crippen molar-refractivity contribution < 1.29 is 24.1 Å². The maximum atomic E-state index is 9.04. The zero-order valence-corrected chi connectivity index (χ0v) is 8.93. The first-order chi connectivity index (χ1) is 7.06. The predicted molar refractivity (Wildman–Crippen MR) is 49.1 cm³/mol. The summed E-state index contributed by atoms with van der Waals surface area (Å²) in [4.78, 5) is 0. The monoisotopic (exact) mass is 216 g/mol. The molecule has 86 valence electrons. The van der Waals surface area contributed by atoms with Crippen LogP contribution in [0.1, 0.15) is 20.3 Å². The molecule has 0 aromatic carbocycles. The molecule has 3 aliphatic rings. The minimum absolute atomic E-state index is 0.0275. The number of hydrogen-bond acceptors (Lipinski definition) is 5. The fraction of sp³-hybridized carbons (Fsp3) is 1.00. The van der Waals surface area contributed by atoms with Gasteiger partial charge in [0.2, 0.25) is 0 Å². The quantitative estimate of drug-likeness (QED) is 0.705. The Bertz CT molecular complexity index is 279. The first-order valence-electron chi connectivity index (χ1n) is 5.35. The highest BCUT2D eigenvalue weighted by Crippen LogP contribution is 2.50. The number of fused-ring (bicyclic) bond motifs is 5. The van der Waals surface area contributed by atoms with Gasteiger partial charge in [-0.25, -0.2) is 0 Å². The average Bonchev–Trinajstić information content (AvgIpc) is 2.73. The van der Waals surface area contributed by atoms with Crippen LogP contribution in [-0.2, 0) is 18.9 Å². The summed E-state index contributed by atoms with van der Waals surface area (Å²) in [7, 11) is 0. The third kappa shape index (κ3) is 1.28. The molecule has 3 heterocycles. The van der Waals surface area contributed by atoms with E-state index in [1.165, 1.54) is 0 Å². The molecule has 0 unspecified atom stereocenters. The van der Waals surface area contributed by atoms with Gasteiger partial charge < -0.3 is 24.1 Å². The molecule has 0 saturated carbocycles. The maximum Gasteiger partial charge on any atom is 0.200 e. The van der Waals surface area contributed by atoms with Gasteiger partial charge in [0.1, 0.15) is 18.3 Å². The van der Waals surface area contributed by atoms with E-state index in [0.717, 1.165) is 0 Å². The molecule has 3 fully saturated rings. The summed E-state index contributed by atoms with van der Waals surface area (Å²) in [5, 5.41) is 9.04. The molecule has 2 bridgehead atoms. The Labute approximate surface area is 88.3 Å². The summed E-state index contributed by atoms with van der Waals surface area (Å²) in [5.41, 5.74) is 0. The Hall–Kier alpha value is -0.200. The number of hydrogen-bond donors (Lipinski definition) is 1. The van der Waals surface area contributed by atoms with Crippen LogP contribution in [-0.4, -0.2) is 48.2 Å². The summed E-state index contributed by atoms with van der Waals surface area (Å²) in [6.45, 7) is 4.33. The summed E-state index contributed by atoms with van der Waals surface area (Å²) in [6, 6.07) is 0. The number of rotatable bonds is 2. The van der Waals surface area contributed by atoms with Crippen LogP contribution in [0.2, 0.25) is 0 Å². The van der Waals surface area contributed by atoms with Crippen LogP contribution in [0.25, 0.3) is 0 Å². The Kier molecular flexibility index (Phi) is 1.95. The molecule has 0 aromatic rings. The van der Waals surface area contributed by atoms with Crippen LogP contribution in [0.15, 0.2) is 0 Å². The normalized spacial score (nSPS) is 51.0. The van der Waals surface area contributed by atoms with Crippen molar-refractivity contribution >= 4 is 0 Å². The molecule has 0 amide bonds. The molecule has 0 radical (unpaired) electrons. The second kappa shape index (κ2) is 2.93. The molecular formula is C10H16O5. The third-order valence-electron chi connectivity index (χ3n) is 3.23. The molecular weight excluding hydrogens is 200 g/mol. The molecule has 4 atom stereocenters. The lowest BCUT2D eigenvalue weighted by Crippen LogP contribution is -2.47. The van der Waals surface area contributed by atoms with E-state index in [1.54, 1.807) is 0 Å². The molecule has 3 rings (SSSR count). The minimum atomic E-state index is -0.780. The van der Waals surface area contributed by atoms with Crippen molar-refractivity contribution in [2.45, 2.75) is 50.2 Å². The lowest BCUT2D eigenvalue weighted by atomic mass is 10.0. The Morgan fingerprint density at radius 2 is 2.07 bits per heavy atom. The summed E-state index contributed by atoms with van der Waals surface area (Å²) >= 11 is 0. The SMILES string of the molecule is CC1(C)O[C@@H]2[C@@H]3CO[C@](CCO)(O3)[C@@H]2O1. The first kappa shape index (κ1) is 9.99. The molecule has 0 spiro atoms. The van der Waals surface area contributed by atoms with Crippen LogP contribution >= 0.6 is 0 Å². The number of aliphatic hydroxyl groups is 1. The van der Waals surface area contributed by atoms with E-state index in [9.17, 15) is 0 Å². The number of ether oxygens (including phenoxy) is 4. The highest BCUT2D eigenvalue weighted by Gasteiger charge is 2.67. The highest BCUT2D eigenvalue weighted by molar-refractivity contribution is 5.06. The van der Waals surface area contributed by atoms with E-state index >= 15 is 0 Å². The number of aliphatic hydroxyl groups excluding tert-OH is 1. The van der Waals surface area contributed by atoms with Gasteiger partial charge in [-0.15, -0.1) is 0 Å². The van der Waals surface area contributed by atoms with Gasteiger partial charge in [-0.1, -0.05) is 0 Å². The molecule has 1 N–H and O–H groups in total. The van der Waals surface area contributed by atoms with E-state index in [4.69, 9.17) is 24.1 Å². The zero-order chi connectivity index (χ0) is 10.7. The van der Waals surface area contributed by atoms with Crippen molar-refractivity contribution in [1.82, 2.24) is 0 Å². The Balaban J connectivity index is 1.87. The van der Waals surface area contributed by atoms with Gasteiger partial charge in [0.15, 0.2) is 11.6 Å². The second-order valence-electron chi connectivity index (χ2n) is 4.77. The summed E-state index contributed by atoms with van der Waals surface area (Å²) in [5.74, 6) is -1.36. The molecule has 3 aliphatic heterocycles. The van der Waals surface area contributed by atoms with Gasteiger partial charge in [-0.3, -0.25) is 0 Å². The predicted octanol–water partition coefficient (Wildman–Crippen LogP) is 0.0142. The molecule has 0 aromatic heterocycles. The van der Waals surface area contributed by atoms with Crippen molar-refractivity contribution in [3.05, 3.63) is 0 Å². The molecule has 5 heteroatoms. The van der Waals surface area contributed by atoms with Gasteiger partial charge in [-0.2, -0.15) is 0 Å². The van der Waals surface area contributed by atoms with Crippen molar-refractivity contribution in [1.29, 1.82) is 0 Å². The van der Waals surface area contributed by atoms with Crippen molar-refractivity contribution in [3.8, 4) is 0 Å². The smallest absolute Gasteiger partial charge is 0.200 e. The van der Waals surface area contributed by atoms with Crippen LogP contribution < -0.4 is 0 Å². The Morgan fingerprint density at radius 3 is 2.80 bits per heavy atom. The standard InChI is InChI=1S/C10H16O5/c1-9(2)14-7-6-5-12-10(13-6,3-4-11)8(7)15-9/h6-8,11H,3-5H2,1-2H3/t6-,7+,8+,10+/m0/s1. The minimum Gasteiger partial charge on any atom is -0.396 e. The summed E-state index contributed by atoms with van der Waals surface area (Å²) < 4.78 is 22.9. The zero-order valence-electron chi connectivity index (χ0n) is 8.93. The first-order valence-corrected chi connectivity index (χ1v) is 5.35. The van der Waals surface area contributed by atoms with Gasteiger partial charge in [0.25, 0.3) is 0 Å². The molecule has 5 nitrogen and oxygen atoms in total. The van der Waals surface area contributed by atoms with Crippen LogP contribution in [0.5, 0.6) is 0 Å². The van der Waals surface area contributed by atoms with Crippen molar-refractivity contribution in [2.24, 2.45) is 0 Å². The Morgan fingerprint density at radius 1 is 1.27 bits per heavy atom. The van der Waals surface area contributed by atoms with Gasteiger partial charge >= 0.3 is 0 Å². The molecule has 0 aliphatic carbocycles. The fourth-order valence-corrected chi connectivity index (χ4v) is 2.69. The average molecular weight is 216 g/mol. The van der Waals surface area contributed by atoms with Gasteiger partial charge in [0.05, 0.1) is 6.61 Å². The van der Waals surface area contributed by atoms with Crippen LogP contribution in [0, 0.1) is 0 Å². The maximum absolute atomic E-state index is 9.04. The van der Waals surface area contributed by atoms with Crippen LogP contribution in [0.3, 0.4) is 0 Å². The van der Waals surface area contributed by atoms with E-state index in [-0.39, 0.29) is 24.9 Å². The van der Waals surface area contributed by atoms with E-state index in [0.29, 0.717) is 13.0 Å². The van der Waals surface area contributed by atoms with Crippen molar-refractivity contribution in [2.75, 3.05) is 13.2 Å². The van der Waals surface area contributed by atoms with Gasteiger partial charge in [0, 0.05) is 13.0 Å². The lowest BCUT2D eigenvalue weighted by molar-refractivity contribution is -0.245. The van der Waals surface area contributed by atoms with Crippen LogP contribution in [0.4, 0.5) is 0 Å². The molecule has 15 heavy (non-hydrogen) atoms. The largest absolute Gasteiger partial charge is 0.396 e. The van der Waals surface area contributed by atoms with Gasteiger partial charge in [-0.05, 0) is 13.8 Å². The fourth-order valence-electron chi connectivity index (χ4n) is 2.69. The molecule has 3 saturated heterocycles. The third-order valence-corrected chi connectivity index (χ3v) is 3.23. The van der Waals surface area contributed by atoms with E-state index in [1.807, 2.05) is 13.8 Å². The topological polar surface area (TPSA) is 57.2 Å². The summed E-state index contributed by atoms with van der Waals surface area (Å²) in [6.07, 6.45) is 0.117. The highest BCUT2D eigenvalue weighted by atomic mass is 16.8.